The summed E-state index contributed by atoms with van der Waals surface area (Å²) in [5, 5.41) is 9.82. The molecule has 106 valence electrons. The molecule has 1 aromatic carbocycles. The fourth-order valence-electron chi connectivity index (χ4n) is 3.49. The van der Waals surface area contributed by atoms with Crippen molar-refractivity contribution in [1.29, 1.82) is 0 Å². The Balaban J connectivity index is 1.79. The monoisotopic (exact) mass is 278 g/mol. The van der Waals surface area contributed by atoms with Crippen molar-refractivity contribution in [2.24, 2.45) is 5.92 Å². The van der Waals surface area contributed by atoms with E-state index in [0.717, 1.165) is 4.76 Å². The number of aliphatic hydroxyl groups is 1. The zero-order chi connectivity index (χ0) is 14.3. The van der Waals surface area contributed by atoms with E-state index in [-0.39, 0.29) is 17.7 Å². The number of hydrogen-bond acceptors (Lipinski definition) is 3. The lowest BCUT2D eigenvalue weighted by atomic mass is 9.85. The summed E-state index contributed by atoms with van der Waals surface area (Å²) in [4.78, 5) is 24.7. The van der Waals surface area contributed by atoms with E-state index in [2.05, 4.69) is 0 Å². The number of nitroso groups, excluding NO2 is 1. The van der Waals surface area contributed by atoms with Gasteiger partial charge in [-0.25, -0.2) is 4.39 Å². The van der Waals surface area contributed by atoms with Gasteiger partial charge in [-0.15, -0.1) is 0 Å². The molecule has 4 nitrogen and oxygen atoms in total. The van der Waals surface area contributed by atoms with Gasteiger partial charge in [-0.05, 0) is 37.1 Å². The van der Waals surface area contributed by atoms with Crippen LogP contribution in [0, 0.1) is 16.6 Å². The third kappa shape index (κ3) is 2.16. The molecule has 5 heteroatoms. The second-order valence-electron chi connectivity index (χ2n) is 5.70. The van der Waals surface area contributed by atoms with Crippen LogP contribution in [-0.2, 0) is 0 Å². The van der Waals surface area contributed by atoms with Crippen LogP contribution in [0.1, 0.15) is 36.0 Å². The summed E-state index contributed by atoms with van der Waals surface area (Å²) in [6, 6.07) is 4.34. The van der Waals surface area contributed by atoms with Crippen molar-refractivity contribution in [1.82, 2.24) is 0 Å². The average Bonchev–Trinajstić information content (AvgIpc) is 2.82. The molecular weight excluding hydrogens is 261 g/mol. The first kappa shape index (κ1) is 13.4. The quantitative estimate of drug-likeness (QED) is 0.665. The van der Waals surface area contributed by atoms with Gasteiger partial charge < -0.3 is 5.11 Å². The Morgan fingerprint density at radius 1 is 1.15 bits per heavy atom. The maximum atomic E-state index is 12.9. The SMILES string of the molecule is O=C(c1ccc(F)cc1)C1CCC2C(O)CCC2[N+]1=O. The molecule has 4 atom stereocenters. The molecule has 3 rings (SSSR count). The number of benzene rings is 1. The van der Waals surface area contributed by atoms with Crippen molar-refractivity contribution in [2.75, 3.05) is 0 Å². The molecule has 1 saturated carbocycles. The van der Waals surface area contributed by atoms with Crippen molar-refractivity contribution in [3.63, 3.8) is 0 Å². The number of piperidine rings is 1. The molecule has 2 aliphatic rings. The zero-order valence-electron chi connectivity index (χ0n) is 11.0. The molecule has 1 N–H and O–H groups in total. The molecule has 20 heavy (non-hydrogen) atoms. The topological polar surface area (TPSA) is 57.4 Å². The van der Waals surface area contributed by atoms with Gasteiger partial charge >= 0.3 is 0 Å². The first-order chi connectivity index (χ1) is 9.58. The third-order valence-electron chi connectivity index (χ3n) is 4.59. The summed E-state index contributed by atoms with van der Waals surface area (Å²) in [5.74, 6) is -0.659. The highest BCUT2D eigenvalue weighted by atomic mass is 19.1. The van der Waals surface area contributed by atoms with Crippen LogP contribution in [0.4, 0.5) is 4.39 Å². The molecule has 2 fully saturated rings. The highest BCUT2D eigenvalue weighted by Crippen LogP contribution is 2.37. The lowest BCUT2D eigenvalue weighted by Gasteiger charge is -2.24. The van der Waals surface area contributed by atoms with Crippen LogP contribution in [0.5, 0.6) is 0 Å². The molecule has 0 bridgehead atoms. The second-order valence-corrected chi connectivity index (χ2v) is 5.70. The number of nitrogens with zero attached hydrogens (tertiary/aromatic N) is 1. The van der Waals surface area contributed by atoms with Gasteiger partial charge in [0, 0.05) is 28.1 Å². The van der Waals surface area contributed by atoms with Crippen LogP contribution in [0.3, 0.4) is 0 Å². The standard InChI is InChI=1S/C15H17FNO3/c16-10-3-1-9(2-4-10)15(19)13-6-5-11-12(17(13)20)7-8-14(11)18/h1-4,11-14,18H,5-8H2/q+1. The lowest BCUT2D eigenvalue weighted by Crippen LogP contribution is -2.46. The summed E-state index contributed by atoms with van der Waals surface area (Å²) >= 11 is 0. The van der Waals surface area contributed by atoms with Crippen molar-refractivity contribution in [3.05, 3.63) is 40.6 Å². The fraction of sp³-hybridized carbons (Fsp3) is 0.533. The lowest BCUT2D eigenvalue weighted by molar-refractivity contribution is -0.623. The number of halogens is 1. The number of aliphatic hydroxyl groups excluding tert-OH is 1. The van der Waals surface area contributed by atoms with E-state index < -0.39 is 18.0 Å². The number of carbonyl (C=O) groups is 1. The van der Waals surface area contributed by atoms with Crippen LogP contribution in [0.15, 0.2) is 24.3 Å². The van der Waals surface area contributed by atoms with Gasteiger partial charge in [0.2, 0.25) is 11.8 Å². The molecule has 1 saturated heterocycles. The van der Waals surface area contributed by atoms with Gasteiger partial charge in [-0.3, -0.25) is 4.79 Å². The van der Waals surface area contributed by atoms with E-state index in [1.54, 1.807) is 0 Å². The molecule has 1 aromatic rings. The Morgan fingerprint density at radius 3 is 2.55 bits per heavy atom. The van der Waals surface area contributed by atoms with Crippen LogP contribution >= 0.6 is 0 Å². The number of hydrogen-bond donors (Lipinski definition) is 1. The van der Waals surface area contributed by atoms with Crippen molar-refractivity contribution < 1.29 is 19.1 Å². The van der Waals surface area contributed by atoms with Crippen LogP contribution < -0.4 is 0 Å². The molecule has 0 radical (unpaired) electrons. The predicted molar refractivity (Wildman–Crippen MR) is 69.9 cm³/mol. The molecule has 1 aliphatic heterocycles. The average molecular weight is 278 g/mol. The van der Waals surface area contributed by atoms with Crippen molar-refractivity contribution >= 4 is 5.78 Å². The highest BCUT2D eigenvalue weighted by Gasteiger charge is 2.53. The smallest absolute Gasteiger partial charge is 0.263 e. The van der Waals surface area contributed by atoms with Gasteiger partial charge in [0.25, 0.3) is 6.04 Å². The summed E-state index contributed by atoms with van der Waals surface area (Å²) in [6.07, 6.45) is 2.01. The minimum Gasteiger partial charge on any atom is -0.393 e. The number of fused-ring (bicyclic) bond motifs is 1. The molecule has 0 spiro atoms. The summed E-state index contributed by atoms with van der Waals surface area (Å²) in [5.41, 5.74) is 0.370. The molecule has 0 aromatic heterocycles. The summed E-state index contributed by atoms with van der Waals surface area (Å²) in [7, 11) is 0. The Hall–Kier alpha value is -1.62. The maximum Gasteiger partial charge on any atom is 0.263 e. The van der Waals surface area contributed by atoms with Crippen LogP contribution in [0.25, 0.3) is 0 Å². The predicted octanol–water partition coefficient (Wildman–Crippen LogP) is 2.09. The molecule has 4 unspecified atom stereocenters. The second kappa shape index (κ2) is 5.05. The van der Waals surface area contributed by atoms with Gasteiger partial charge in [0.15, 0.2) is 0 Å². The first-order valence-electron chi connectivity index (χ1n) is 7.01. The maximum absolute atomic E-state index is 12.9. The summed E-state index contributed by atoms with van der Waals surface area (Å²) in [6.45, 7) is 0. The van der Waals surface area contributed by atoms with Gasteiger partial charge in [-0.2, -0.15) is 0 Å². The number of ketones is 1. The van der Waals surface area contributed by atoms with Crippen LogP contribution in [0.2, 0.25) is 0 Å². The molecule has 0 amide bonds. The fourth-order valence-corrected chi connectivity index (χ4v) is 3.49. The van der Waals surface area contributed by atoms with Crippen molar-refractivity contribution in [3.8, 4) is 0 Å². The molecular formula is C15H17FNO3+. The minimum atomic E-state index is -0.702. The minimum absolute atomic E-state index is 0.00947. The number of rotatable bonds is 2. The first-order valence-corrected chi connectivity index (χ1v) is 7.01. The Kier molecular flexibility index (Phi) is 3.38. The van der Waals surface area contributed by atoms with Gasteiger partial charge in [0.1, 0.15) is 5.82 Å². The Bertz CT molecular complexity index is 543. The van der Waals surface area contributed by atoms with Crippen molar-refractivity contribution in [2.45, 2.75) is 43.9 Å². The van der Waals surface area contributed by atoms with E-state index in [1.807, 2.05) is 0 Å². The number of Topliss-reactive ketones (excluding diaryl/α,β-unsaturated/α-hetero) is 1. The van der Waals surface area contributed by atoms with E-state index >= 15 is 0 Å². The normalized spacial score (nSPS) is 33.0. The molecule has 1 aliphatic carbocycles. The Labute approximate surface area is 116 Å². The van der Waals surface area contributed by atoms with Crippen LogP contribution in [-0.4, -0.2) is 33.8 Å². The largest absolute Gasteiger partial charge is 0.393 e. The third-order valence-corrected chi connectivity index (χ3v) is 4.59. The Morgan fingerprint density at radius 2 is 1.85 bits per heavy atom. The van der Waals surface area contributed by atoms with E-state index in [1.165, 1.54) is 24.3 Å². The number of carbonyl (C=O) groups excluding carboxylic acids is 1. The van der Waals surface area contributed by atoms with E-state index in [4.69, 9.17) is 0 Å². The summed E-state index contributed by atoms with van der Waals surface area (Å²) < 4.78 is 13.7. The van der Waals surface area contributed by atoms with Gasteiger partial charge in [0.05, 0.1) is 12.0 Å². The van der Waals surface area contributed by atoms with Gasteiger partial charge in [-0.1, -0.05) is 0 Å². The van der Waals surface area contributed by atoms with E-state index in [9.17, 15) is 19.2 Å². The highest BCUT2D eigenvalue weighted by molar-refractivity contribution is 5.99. The van der Waals surface area contributed by atoms with E-state index in [0.29, 0.717) is 31.2 Å². The zero-order valence-corrected chi connectivity index (χ0v) is 11.0. The molecule has 1 heterocycles.